The molecule has 1 saturated heterocycles. The second-order valence-corrected chi connectivity index (χ2v) is 7.42. The van der Waals surface area contributed by atoms with Crippen LogP contribution in [0.2, 0.25) is 5.02 Å². The van der Waals surface area contributed by atoms with Gasteiger partial charge in [-0.3, -0.25) is 14.0 Å². The van der Waals surface area contributed by atoms with E-state index in [0.717, 1.165) is 37.9 Å². The van der Waals surface area contributed by atoms with Crippen molar-refractivity contribution in [1.82, 2.24) is 14.3 Å². The molecule has 0 bridgehead atoms. The first-order valence-corrected chi connectivity index (χ1v) is 9.76. The quantitative estimate of drug-likeness (QED) is 0.722. The van der Waals surface area contributed by atoms with Gasteiger partial charge in [-0.1, -0.05) is 23.7 Å². The Kier molecular flexibility index (Phi) is 5.05. The van der Waals surface area contributed by atoms with Crippen molar-refractivity contribution in [2.45, 2.75) is 26.2 Å². The summed E-state index contributed by atoms with van der Waals surface area (Å²) in [5, 5.41) is 3.40. The van der Waals surface area contributed by atoms with Crippen LogP contribution < -0.4 is 5.32 Å². The summed E-state index contributed by atoms with van der Waals surface area (Å²) in [6.45, 7) is 3.35. The molecule has 0 aliphatic carbocycles. The van der Waals surface area contributed by atoms with E-state index in [-0.39, 0.29) is 23.3 Å². The third-order valence-corrected chi connectivity index (χ3v) is 5.43. The van der Waals surface area contributed by atoms with Crippen LogP contribution in [0, 0.1) is 6.92 Å². The lowest BCUT2D eigenvalue weighted by molar-refractivity contribution is 0.0711. The molecule has 0 saturated carbocycles. The molecule has 0 radical (unpaired) electrons. The number of imidazole rings is 1. The Bertz CT molecular complexity index is 1050. The second-order valence-electron chi connectivity index (χ2n) is 7.01. The summed E-state index contributed by atoms with van der Waals surface area (Å²) < 4.78 is 1.69. The van der Waals surface area contributed by atoms with E-state index in [1.54, 1.807) is 28.8 Å². The van der Waals surface area contributed by atoms with Crippen LogP contribution in [0.4, 0.5) is 5.69 Å². The van der Waals surface area contributed by atoms with Crippen molar-refractivity contribution in [1.29, 1.82) is 0 Å². The van der Waals surface area contributed by atoms with Gasteiger partial charge >= 0.3 is 0 Å². The van der Waals surface area contributed by atoms with Gasteiger partial charge in [0.15, 0.2) is 5.69 Å². The number of halogens is 1. The Morgan fingerprint density at radius 1 is 1.11 bits per heavy atom. The lowest BCUT2D eigenvalue weighted by atomic mass is 10.1. The highest BCUT2D eigenvalue weighted by Gasteiger charge is 2.26. The van der Waals surface area contributed by atoms with Crippen LogP contribution in [0.1, 0.15) is 45.9 Å². The number of nitrogens with one attached hydrogen (secondary N) is 1. The van der Waals surface area contributed by atoms with Crippen molar-refractivity contribution >= 4 is 34.6 Å². The van der Waals surface area contributed by atoms with Crippen molar-refractivity contribution in [3.63, 3.8) is 0 Å². The Hall–Kier alpha value is -2.86. The lowest BCUT2D eigenvalue weighted by Gasteiger charge is -2.25. The summed E-state index contributed by atoms with van der Waals surface area (Å²) in [5.74, 6) is -0.246. The molecule has 3 aromatic rings. The molecule has 0 unspecified atom stereocenters. The third kappa shape index (κ3) is 3.47. The van der Waals surface area contributed by atoms with Gasteiger partial charge in [-0.2, -0.15) is 0 Å². The van der Waals surface area contributed by atoms with Gasteiger partial charge in [0.05, 0.1) is 5.52 Å². The summed E-state index contributed by atoms with van der Waals surface area (Å²) in [6.07, 6.45) is 4.89. The number of benzene rings is 1. The van der Waals surface area contributed by atoms with E-state index in [1.807, 2.05) is 30.0 Å². The number of carbonyl (C=O) groups excluding carboxylic acids is 2. The fraction of sp³-hybridized carbons (Fsp3) is 0.286. The SMILES string of the molecule is Cc1ccc(NC(=O)c2nc(C(=O)N3CCCCC3)n3ccccc23)cc1Cl. The molecule has 1 fully saturated rings. The van der Waals surface area contributed by atoms with Crippen molar-refractivity contribution in [3.05, 3.63) is 64.7 Å². The normalized spacial score (nSPS) is 14.3. The third-order valence-electron chi connectivity index (χ3n) is 5.03. The maximum Gasteiger partial charge on any atom is 0.290 e. The Morgan fingerprint density at radius 3 is 2.64 bits per heavy atom. The van der Waals surface area contributed by atoms with Crippen molar-refractivity contribution in [3.8, 4) is 0 Å². The molecule has 1 aromatic carbocycles. The summed E-state index contributed by atoms with van der Waals surface area (Å²) in [4.78, 5) is 32.1. The first-order valence-electron chi connectivity index (χ1n) is 9.38. The summed E-state index contributed by atoms with van der Waals surface area (Å²) in [7, 11) is 0. The second kappa shape index (κ2) is 7.64. The van der Waals surface area contributed by atoms with Crippen molar-refractivity contribution < 1.29 is 9.59 Å². The number of pyridine rings is 1. The number of rotatable bonds is 3. The number of aromatic nitrogens is 2. The van der Waals surface area contributed by atoms with Crippen LogP contribution >= 0.6 is 11.6 Å². The van der Waals surface area contributed by atoms with Crippen LogP contribution in [0.5, 0.6) is 0 Å². The van der Waals surface area contributed by atoms with Crippen LogP contribution in [-0.4, -0.2) is 39.2 Å². The number of hydrogen-bond donors (Lipinski definition) is 1. The first kappa shape index (κ1) is 18.5. The Labute approximate surface area is 168 Å². The van der Waals surface area contributed by atoms with Gasteiger partial charge in [0.25, 0.3) is 11.8 Å². The predicted molar refractivity (Wildman–Crippen MR) is 109 cm³/mol. The summed E-state index contributed by atoms with van der Waals surface area (Å²) >= 11 is 6.15. The van der Waals surface area contributed by atoms with E-state index in [2.05, 4.69) is 10.3 Å². The van der Waals surface area contributed by atoms with E-state index < -0.39 is 0 Å². The number of aryl methyl sites for hydroxylation is 1. The molecule has 3 heterocycles. The smallest absolute Gasteiger partial charge is 0.290 e. The number of hydrogen-bond acceptors (Lipinski definition) is 3. The van der Waals surface area contributed by atoms with E-state index in [4.69, 9.17) is 11.6 Å². The average molecular weight is 397 g/mol. The highest BCUT2D eigenvalue weighted by molar-refractivity contribution is 6.31. The van der Waals surface area contributed by atoms with Gasteiger partial charge in [0.2, 0.25) is 5.82 Å². The van der Waals surface area contributed by atoms with Crippen LogP contribution in [-0.2, 0) is 0 Å². The van der Waals surface area contributed by atoms with Crippen LogP contribution in [0.15, 0.2) is 42.6 Å². The van der Waals surface area contributed by atoms with E-state index >= 15 is 0 Å². The zero-order valence-corrected chi connectivity index (χ0v) is 16.4. The molecular formula is C21H21ClN4O2. The number of piperidine rings is 1. The highest BCUT2D eigenvalue weighted by atomic mass is 35.5. The molecule has 1 N–H and O–H groups in total. The minimum Gasteiger partial charge on any atom is -0.336 e. The highest BCUT2D eigenvalue weighted by Crippen LogP contribution is 2.22. The minimum atomic E-state index is -0.374. The molecule has 2 aromatic heterocycles. The number of likely N-dealkylation sites (tertiary alicyclic amines) is 1. The topological polar surface area (TPSA) is 66.7 Å². The number of anilines is 1. The molecule has 28 heavy (non-hydrogen) atoms. The fourth-order valence-corrected chi connectivity index (χ4v) is 3.64. The molecule has 4 rings (SSSR count). The number of carbonyl (C=O) groups is 2. The van der Waals surface area contributed by atoms with Gasteiger partial charge < -0.3 is 10.2 Å². The van der Waals surface area contributed by atoms with Crippen molar-refractivity contribution in [2.24, 2.45) is 0 Å². The van der Waals surface area contributed by atoms with Gasteiger partial charge in [-0.05, 0) is 56.0 Å². The standard InChI is InChI=1S/C21H21ClN4O2/c1-14-8-9-15(13-16(14)22)23-20(27)18-17-7-3-6-12-26(17)19(24-18)21(28)25-10-4-2-5-11-25/h3,6-9,12-13H,2,4-5,10-11H2,1H3,(H,23,27). The number of amides is 2. The maximum atomic E-state index is 13.0. The molecule has 2 amide bonds. The summed E-state index contributed by atoms with van der Waals surface area (Å²) in [5.41, 5.74) is 2.33. The largest absolute Gasteiger partial charge is 0.336 e. The van der Waals surface area contributed by atoms with Crippen molar-refractivity contribution in [2.75, 3.05) is 18.4 Å². The number of nitrogens with zero attached hydrogens (tertiary/aromatic N) is 3. The minimum absolute atomic E-state index is 0.140. The average Bonchev–Trinajstić information content (AvgIpc) is 3.11. The van der Waals surface area contributed by atoms with E-state index in [0.29, 0.717) is 16.2 Å². The molecule has 0 atom stereocenters. The molecule has 1 aliphatic heterocycles. The van der Waals surface area contributed by atoms with Gasteiger partial charge in [0.1, 0.15) is 0 Å². The Morgan fingerprint density at radius 2 is 1.89 bits per heavy atom. The van der Waals surface area contributed by atoms with Crippen LogP contribution in [0.25, 0.3) is 5.52 Å². The maximum absolute atomic E-state index is 13.0. The molecular weight excluding hydrogens is 376 g/mol. The zero-order chi connectivity index (χ0) is 19.7. The lowest BCUT2D eigenvalue weighted by Crippen LogP contribution is -2.36. The fourth-order valence-electron chi connectivity index (χ4n) is 3.46. The predicted octanol–water partition coefficient (Wildman–Crippen LogP) is 4.17. The molecule has 1 aliphatic rings. The Balaban J connectivity index is 1.68. The van der Waals surface area contributed by atoms with Gasteiger partial charge in [-0.25, -0.2) is 4.98 Å². The van der Waals surface area contributed by atoms with Gasteiger partial charge in [-0.15, -0.1) is 0 Å². The van der Waals surface area contributed by atoms with E-state index in [1.165, 1.54) is 0 Å². The molecule has 6 nitrogen and oxygen atoms in total. The first-order chi connectivity index (χ1) is 13.5. The van der Waals surface area contributed by atoms with E-state index in [9.17, 15) is 9.59 Å². The zero-order valence-electron chi connectivity index (χ0n) is 15.6. The molecule has 7 heteroatoms. The van der Waals surface area contributed by atoms with Gasteiger partial charge in [0, 0.05) is 30.0 Å². The van der Waals surface area contributed by atoms with Crippen LogP contribution in [0.3, 0.4) is 0 Å². The summed E-state index contributed by atoms with van der Waals surface area (Å²) in [6, 6.07) is 10.8. The molecule has 144 valence electrons. The monoisotopic (exact) mass is 396 g/mol. The molecule has 0 spiro atoms. The number of fused-ring (bicyclic) bond motifs is 1.